The van der Waals surface area contributed by atoms with Gasteiger partial charge in [0.1, 0.15) is 5.75 Å². The fraction of sp³-hybridized carbons (Fsp3) is 0.455. The summed E-state index contributed by atoms with van der Waals surface area (Å²) in [6.07, 6.45) is 1.70. The first-order chi connectivity index (χ1) is 6.69. The number of hydrogen-bond donors (Lipinski definition) is 3. The van der Waals surface area contributed by atoms with E-state index in [9.17, 15) is 10.2 Å². The maximum Gasteiger partial charge on any atom is 0.117 e. The summed E-state index contributed by atoms with van der Waals surface area (Å²) in [4.78, 5) is 0. The number of benzene rings is 1. The van der Waals surface area contributed by atoms with Crippen molar-refractivity contribution in [3.8, 4) is 5.75 Å². The molecule has 0 bridgehead atoms. The van der Waals surface area contributed by atoms with Gasteiger partial charge in [0, 0.05) is 11.8 Å². The molecule has 3 heteroatoms. The molecule has 0 aliphatic carbocycles. The zero-order valence-electron chi connectivity index (χ0n) is 8.25. The van der Waals surface area contributed by atoms with E-state index >= 15 is 0 Å². The van der Waals surface area contributed by atoms with Crippen LogP contribution >= 0.6 is 0 Å². The van der Waals surface area contributed by atoms with Crippen molar-refractivity contribution < 1.29 is 10.2 Å². The van der Waals surface area contributed by atoms with E-state index in [4.69, 9.17) is 0 Å². The lowest BCUT2D eigenvalue weighted by molar-refractivity contribution is 0.211. The van der Waals surface area contributed by atoms with E-state index in [1.165, 1.54) is 5.56 Å². The lowest BCUT2D eigenvalue weighted by Gasteiger charge is -2.25. The molecule has 1 aromatic carbocycles. The first kappa shape index (κ1) is 9.34. The quantitative estimate of drug-likeness (QED) is 0.667. The van der Waals surface area contributed by atoms with Crippen LogP contribution in [0.15, 0.2) is 18.2 Å². The van der Waals surface area contributed by atoms with Crippen LogP contribution in [0.25, 0.3) is 0 Å². The van der Waals surface area contributed by atoms with Crippen LogP contribution in [-0.4, -0.2) is 22.4 Å². The van der Waals surface area contributed by atoms with Gasteiger partial charge in [0.25, 0.3) is 0 Å². The fourth-order valence-electron chi connectivity index (χ4n) is 1.95. The molecule has 1 atom stereocenters. The Morgan fingerprint density at radius 2 is 2.29 bits per heavy atom. The minimum absolute atomic E-state index is 0.124. The molecule has 1 aromatic rings. The normalized spacial score (nSPS) is 24.4. The van der Waals surface area contributed by atoms with Crippen molar-refractivity contribution in [1.29, 1.82) is 0 Å². The number of hydrogen-bond acceptors (Lipinski definition) is 3. The molecule has 3 nitrogen and oxygen atoms in total. The van der Waals surface area contributed by atoms with Crippen LogP contribution in [0, 0.1) is 0 Å². The first-order valence-electron chi connectivity index (χ1n) is 4.90. The minimum Gasteiger partial charge on any atom is -0.508 e. The average molecular weight is 193 g/mol. The van der Waals surface area contributed by atoms with E-state index in [-0.39, 0.29) is 17.9 Å². The number of rotatable bonds is 2. The monoisotopic (exact) mass is 193 g/mol. The zero-order valence-corrected chi connectivity index (χ0v) is 8.25. The second kappa shape index (κ2) is 3.17. The van der Waals surface area contributed by atoms with Crippen LogP contribution < -0.4 is 5.32 Å². The third-order valence-corrected chi connectivity index (χ3v) is 3.00. The van der Waals surface area contributed by atoms with Gasteiger partial charge in [0.2, 0.25) is 0 Å². The average Bonchev–Trinajstić information content (AvgIpc) is 2.56. The molecule has 1 unspecified atom stereocenters. The molecule has 1 heterocycles. The second-order valence-corrected chi connectivity index (χ2v) is 3.94. The van der Waals surface area contributed by atoms with Crippen LogP contribution in [0.5, 0.6) is 5.75 Å². The highest BCUT2D eigenvalue weighted by Crippen LogP contribution is 2.36. The number of nitrogens with one attached hydrogen (secondary N) is 1. The Kier molecular flexibility index (Phi) is 2.11. The molecule has 0 radical (unpaired) electrons. The largest absolute Gasteiger partial charge is 0.508 e. The van der Waals surface area contributed by atoms with Gasteiger partial charge in [0.05, 0.1) is 12.1 Å². The molecule has 1 aliphatic heterocycles. The van der Waals surface area contributed by atoms with E-state index < -0.39 is 0 Å². The van der Waals surface area contributed by atoms with Gasteiger partial charge in [-0.15, -0.1) is 0 Å². The maximum absolute atomic E-state index is 9.33. The number of phenolic OH excluding ortho intramolecular Hbond substituents is 1. The van der Waals surface area contributed by atoms with E-state index in [0.29, 0.717) is 0 Å². The number of fused-ring (bicyclic) bond motifs is 1. The lowest BCUT2D eigenvalue weighted by Crippen LogP contribution is -2.39. The van der Waals surface area contributed by atoms with Gasteiger partial charge >= 0.3 is 0 Å². The smallest absolute Gasteiger partial charge is 0.117 e. The summed E-state index contributed by atoms with van der Waals surface area (Å²) in [6.45, 7) is 2.17. The van der Waals surface area contributed by atoms with Gasteiger partial charge in [-0.25, -0.2) is 0 Å². The van der Waals surface area contributed by atoms with Crippen LogP contribution in [0.1, 0.15) is 18.9 Å². The number of aliphatic hydroxyl groups is 1. The van der Waals surface area contributed by atoms with E-state index in [1.54, 1.807) is 12.1 Å². The zero-order chi connectivity index (χ0) is 10.2. The molecular weight excluding hydrogens is 178 g/mol. The number of aromatic hydroxyl groups is 1. The predicted octanol–water partition coefficient (Wildman–Crippen LogP) is 1.50. The van der Waals surface area contributed by atoms with Gasteiger partial charge < -0.3 is 15.5 Å². The predicted molar refractivity (Wildman–Crippen MR) is 55.5 cm³/mol. The van der Waals surface area contributed by atoms with Crippen LogP contribution in [0.3, 0.4) is 0 Å². The Bertz CT molecular complexity index is 345. The van der Waals surface area contributed by atoms with Crippen LogP contribution in [0.4, 0.5) is 5.69 Å². The third-order valence-electron chi connectivity index (χ3n) is 3.00. The van der Waals surface area contributed by atoms with Crippen molar-refractivity contribution in [3.05, 3.63) is 23.8 Å². The van der Waals surface area contributed by atoms with Crippen LogP contribution in [-0.2, 0) is 6.42 Å². The molecule has 1 aliphatic rings. The van der Waals surface area contributed by atoms with Crippen molar-refractivity contribution in [2.45, 2.75) is 25.3 Å². The van der Waals surface area contributed by atoms with Crippen LogP contribution in [0.2, 0.25) is 0 Å². The van der Waals surface area contributed by atoms with Gasteiger partial charge in [-0.05, 0) is 24.5 Å². The summed E-state index contributed by atoms with van der Waals surface area (Å²) in [5, 5.41) is 21.9. The van der Waals surface area contributed by atoms with Gasteiger partial charge in [-0.3, -0.25) is 0 Å². The second-order valence-electron chi connectivity index (χ2n) is 3.94. The molecule has 3 N–H and O–H groups in total. The first-order valence-corrected chi connectivity index (χ1v) is 4.90. The Morgan fingerprint density at radius 1 is 1.50 bits per heavy atom. The standard InChI is InChI=1S/C11H15NO2/c1-2-11(7-13)6-8-3-4-9(14)5-10(8)12-11/h3-5,12-14H,2,6-7H2,1H3. The highest BCUT2D eigenvalue weighted by atomic mass is 16.3. The Balaban J connectivity index is 2.33. The van der Waals surface area contributed by atoms with E-state index in [0.717, 1.165) is 18.5 Å². The van der Waals surface area contributed by atoms with Crippen molar-refractivity contribution in [2.75, 3.05) is 11.9 Å². The Morgan fingerprint density at radius 3 is 2.93 bits per heavy atom. The Labute approximate surface area is 83.4 Å². The van der Waals surface area contributed by atoms with Gasteiger partial charge in [-0.1, -0.05) is 13.0 Å². The molecule has 14 heavy (non-hydrogen) atoms. The number of anilines is 1. The topological polar surface area (TPSA) is 52.5 Å². The molecule has 76 valence electrons. The van der Waals surface area contributed by atoms with Crippen molar-refractivity contribution in [1.82, 2.24) is 0 Å². The molecule has 2 rings (SSSR count). The summed E-state index contributed by atoms with van der Waals surface area (Å²) < 4.78 is 0. The maximum atomic E-state index is 9.33. The highest BCUT2D eigenvalue weighted by Gasteiger charge is 2.34. The van der Waals surface area contributed by atoms with Crippen molar-refractivity contribution >= 4 is 5.69 Å². The third kappa shape index (κ3) is 1.34. The SMILES string of the molecule is CCC1(CO)Cc2ccc(O)cc2N1. The summed E-state index contributed by atoms with van der Waals surface area (Å²) in [5.41, 5.74) is 1.88. The number of aliphatic hydroxyl groups excluding tert-OH is 1. The fourth-order valence-corrected chi connectivity index (χ4v) is 1.95. The molecular formula is C11H15NO2. The van der Waals surface area contributed by atoms with Crippen molar-refractivity contribution in [2.24, 2.45) is 0 Å². The van der Waals surface area contributed by atoms with Gasteiger partial charge in [0.15, 0.2) is 0 Å². The minimum atomic E-state index is -0.226. The summed E-state index contributed by atoms with van der Waals surface area (Å²) in [6, 6.07) is 5.30. The lowest BCUT2D eigenvalue weighted by atomic mass is 9.93. The molecule has 0 spiro atoms. The summed E-state index contributed by atoms with van der Waals surface area (Å²) >= 11 is 0. The highest BCUT2D eigenvalue weighted by molar-refractivity contribution is 5.61. The number of phenols is 1. The Hall–Kier alpha value is -1.22. The molecule has 0 saturated heterocycles. The summed E-state index contributed by atoms with van der Waals surface area (Å²) in [7, 11) is 0. The van der Waals surface area contributed by atoms with Gasteiger partial charge in [-0.2, -0.15) is 0 Å². The molecule has 0 aromatic heterocycles. The molecule has 0 saturated carbocycles. The van der Waals surface area contributed by atoms with E-state index in [2.05, 4.69) is 12.2 Å². The van der Waals surface area contributed by atoms with E-state index in [1.807, 2.05) is 6.07 Å². The van der Waals surface area contributed by atoms with Crippen molar-refractivity contribution in [3.63, 3.8) is 0 Å². The molecule has 0 fully saturated rings. The summed E-state index contributed by atoms with van der Waals surface area (Å²) in [5.74, 6) is 0.265. The molecule has 0 amide bonds.